The van der Waals surface area contributed by atoms with E-state index in [0.717, 1.165) is 50.3 Å². The molecule has 4 aromatic rings. The first-order valence-corrected chi connectivity index (χ1v) is 11.4. The predicted molar refractivity (Wildman–Crippen MR) is 136 cm³/mol. The van der Waals surface area contributed by atoms with Gasteiger partial charge in [-0.25, -0.2) is 0 Å². The van der Waals surface area contributed by atoms with E-state index in [9.17, 15) is 4.79 Å². The van der Waals surface area contributed by atoms with E-state index in [-0.39, 0.29) is 11.9 Å². The van der Waals surface area contributed by atoms with E-state index in [1.807, 2.05) is 65.5 Å². The quantitative estimate of drug-likeness (QED) is 0.419. The van der Waals surface area contributed by atoms with Crippen LogP contribution >= 0.6 is 0 Å². The van der Waals surface area contributed by atoms with Gasteiger partial charge >= 0.3 is 0 Å². The molecule has 1 unspecified atom stereocenters. The highest BCUT2D eigenvalue weighted by Crippen LogP contribution is 2.32. The highest BCUT2D eigenvalue weighted by molar-refractivity contribution is 6.32. The number of pyridine rings is 1. The fraction of sp³-hybridized carbons (Fsp3) is 0.231. The lowest BCUT2D eigenvalue weighted by Crippen LogP contribution is -2.16. The number of carbonyl (C=O) groups excluding carboxylic acids is 1. The Morgan fingerprint density at radius 3 is 2.56 bits per heavy atom. The van der Waals surface area contributed by atoms with Gasteiger partial charge < -0.3 is 10.6 Å². The second kappa shape index (κ2) is 8.45. The summed E-state index contributed by atoms with van der Waals surface area (Å²) in [6.45, 7) is 10.00. The Labute approximate surface area is 199 Å². The van der Waals surface area contributed by atoms with Gasteiger partial charge in [0.05, 0.1) is 11.7 Å². The van der Waals surface area contributed by atoms with Gasteiger partial charge in [0.1, 0.15) is 0 Å². The van der Waals surface area contributed by atoms with Crippen LogP contribution in [-0.4, -0.2) is 33.0 Å². The van der Waals surface area contributed by atoms with Crippen molar-refractivity contribution in [2.24, 2.45) is 0 Å². The molecule has 2 aromatic heterocycles. The van der Waals surface area contributed by atoms with Gasteiger partial charge in [0, 0.05) is 28.6 Å². The number of aryl methyl sites for hydroxylation is 3. The molecule has 0 bridgehead atoms. The Morgan fingerprint density at radius 1 is 1.03 bits per heavy atom. The van der Waals surface area contributed by atoms with Crippen molar-refractivity contribution in [3.63, 3.8) is 0 Å². The number of hydrogen-bond acceptors (Lipinski definition) is 5. The van der Waals surface area contributed by atoms with Crippen molar-refractivity contribution >= 4 is 25.0 Å². The van der Waals surface area contributed by atoms with Gasteiger partial charge in [-0.15, -0.1) is 0 Å². The molecule has 169 valence electrons. The molecule has 2 aromatic carbocycles. The number of anilines is 2. The Morgan fingerprint density at radius 2 is 1.85 bits per heavy atom. The molecule has 0 spiro atoms. The second-order valence-electron chi connectivity index (χ2n) is 8.79. The van der Waals surface area contributed by atoms with E-state index >= 15 is 0 Å². The molecule has 1 aliphatic rings. The van der Waals surface area contributed by atoms with Gasteiger partial charge in [-0.2, -0.15) is 10.1 Å². The van der Waals surface area contributed by atoms with E-state index in [0.29, 0.717) is 11.8 Å². The van der Waals surface area contributed by atoms with Crippen LogP contribution in [0.4, 0.5) is 11.6 Å². The van der Waals surface area contributed by atoms with Crippen molar-refractivity contribution < 1.29 is 4.79 Å². The summed E-state index contributed by atoms with van der Waals surface area (Å²) < 4.78 is 1.74. The first-order chi connectivity index (χ1) is 16.3. The standard InChI is InChI=1S/C26H26BN6O/c1-14-6-9-22(28-13-14)19-8-7-18(10-15(19)2)24-31-26(33(27-5)32-24)30-23-12-20-17(4)29-25(34)21(20)11-16(23)3/h6-13,17H,1-5H3,(H,29,34)(H,30,31,32). The van der Waals surface area contributed by atoms with E-state index < -0.39 is 0 Å². The fourth-order valence-electron chi connectivity index (χ4n) is 4.31. The maximum atomic E-state index is 12.1. The lowest BCUT2D eigenvalue weighted by atomic mass is 10.0. The van der Waals surface area contributed by atoms with Crippen molar-refractivity contribution in [3.05, 3.63) is 76.5 Å². The molecule has 2 N–H and O–H groups in total. The molecule has 8 heteroatoms. The number of aromatic nitrogens is 4. The van der Waals surface area contributed by atoms with Gasteiger partial charge in [0.15, 0.2) is 5.82 Å². The smallest absolute Gasteiger partial charge is 0.281 e. The second-order valence-corrected chi connectivity index (χ2v) is 8.79. The highest BCUT2D eigenvalue weighted by atomic mass is 16.2. The Hall–Kier alpha value is -3.94. The summed E-state index contributed by atoms with van der Waals surface area (Å²) in [5.41, 5.74) is 8.83. The molecular formula is C26H26BN6O. The monoisotopic (exact) mass is 449 g/mol. The first-order valence-electron chi connectivity index (χ1n) is 11.4. The third-order valence-corrected chi connectivity index (χ3v) is 6.25. The van der Waals surface area contributed by atoms with Gasteiger partial charge in [-0.05, 0) is 74.2 Å². The number of rotatable bonds is 5. The molecule has 0 aliphatic carbocycles. The summed E-state index contributed by atoms with van der Waals surface area (Å²) in [4.78, 5) is 21.5. The van der Waals surface area contributed by atoms with E-state index in [1.165, 1.54) is 0 Å². The van der Waals surface area contributed by atoms with Gasteiger partial charge in [0.25, 0.3) is 13.3 Å². The molecule has 1 radical (unpaired) electrons. The largest absolute Gasteiger partial charge is 0.345 e. The van der Waals surface area contributed by atoms with E-state index in [4.69, 9.17) is 4.98 Å². The van der Waals surface area contributed by atoms with Crippen LogP contribution in [-0.2, 0) is 0 Å². The minimum atomic E-state index is -0.0239. The summed E-state index contributed by atoms with van der Waals surface area (Å²) in [6.07, 6.45) is 1.88. The molecular weight excluding hydrogens is 423 g/mol. The number of carbonyl (C=O) groups is 1. The molecule has 0 saturated heterocycles. The van der Waals surface area contributed by atoms with Crippen LogP contribution in [0, 0.1) is 20.8 Å². The number of hydrogen-bond donors (Lipinski definition) is 2. The SMILES string of the molecule is C[B]n1nc(-c2ccc(-c3ccc(C)cn3)c(C)c2)nc1Nc1cc2c(cc1C)C(=O)NC2C. The summed E-state index contributed by atoms with van der Waals surface area (Å²) in [5, 5.41) is 11.1. The van der Waals surface area contributed by atoms with E-state index in [1.54, 1.807) is 4.59 Å². The number of fused-ring (bicyclic) bond motifs is 1. The van der Waals surface area contributed by atoms with Crippen molar-refractivity contribution in [3.8, 4) is 22.6 Å². The zero-order valence-electron chi connectivity index (χ0n) is 20.0. The van der Waals surface area contributed by atoms with E-state index in [2.05, 4.69) is 45.8 Å². The van der Waals surface area contributed by atoms with Crippen molar-refractivity contribution in [2.45, 2.75) is 40.6 Å². The molecule has 3 heterocycles. The molecule has 7 nitrogen and oxygen atoms in total. The van der Waals surface area contributed by atoms with Gasteiger partial charge in [-0.3, -0.25) is 14.4 Å². The van der Waals surface area contributed by atoms with Crippen LogP contribution in [0.2, 0.25) is 6.82 Å². The van der Waals surface area contributed by atoms with Crippen LogP contribution in [0.15, 0.2) is 48.7 Å². The number of nitrogens with zero attached hydrogens (tertiary/aromatic N) is 4. The summed E-state index contributed by atoms with van der Waals surface area (Å²) in [6, 6.07) is 14.2. The third kappa shape index (κ3) is 3.85. The van der Waals surface area contributed by atoms with Crippen LogP contribution < -0.4 is 10.6 Å². The molecule has 5 rings (SSSR count). The van der Waals surface area contributed by atoms with Crippen LogP contribution in [0.1, 0.15) is 45.6 Å². The zero-order valence-corrected chi connectivity index (χ0v) is 20.0. The van der Waals surface area contributed by atoms with Crippen LogP contribution in [0.5, 0.6) is 0 Å². The minimum Gasteiger partial charge on any atom is -0.345 e. The highest BCUT2D eigenvalue weighted by Gasteiger charge is 2.26. The average molecular weight is 449 g/mol. The lowest BCUT2D eigenvalue weighted by Gasteiger charge is -2.12. The third-order valence-electron chi connectivity index (χ3n) is 6.25. The Balaban J connectivity index is 1.46. The Kier molecular flexibility index (Phi) is 5.44. The molecule has 0 saturated carbocycles. The first kappa shape index (κ1) is 21.9. The van der Waals surface area contributed by atoms with Crippen molar-refractivity contribution in [2.75, 3.05) is 5.32 Å². The molecule has 1 aliphatic heterocycles. The van der Waals surface area contributed by atoms with Gasteiger partial charge in [-0.1, -0.05) is 25.0 Å². The number of nitrogens with one attached hydrogen (secondary N) is 2. The molecule has 1 amide bonds. The zero-order chi connectivity index (χ0) is 24.0. The number of amides is 1. The van der Waals surface area contributed by atoms with Crippen molar-refractivity contribution in [1.82, 2.24) is 25.0 Å². The van der Waals surface area contributed by atoms with Gasteiger partial charge in [0.2, 0.25) is 5.95 Å². The fourth-order valence-corrected chi connectivity index (χ4v) is 4.31. The summed E-state index contributed by atoms with van der Waals surface area (Å²) >= 11 is 0. The normalized spacial score (nSPS) is 14.6. The number of benzene rings is 2. The minimum absolute atomic E-state index is 0.0145. The molecule has 0 fully saturated rings. The van der Waals surface area contributed by atoms with Crippen LogP contribution in [0.3, 0.4) is 0 Å². The summed E-state index contributed by atoms with van der Waals surface area (Å²) in [5.74, 6) is 1.23. The average Bonchev–Trinajstić information content (AvgIpc) is 3.35. The topological polar surface area (TPSA) is 84.7 Å². The molecule has 34 heavy (non-hydrogen) atoms. The maximum Gasteiger partial charge on any atom is 0.281 e. The maximum absolute atomic E-state index is 12.1. The molecule has 1 atom stereocenters. The summed E-state index contributed by atoms with van der Waals surface area (Å²) in [7, 11) is 1.87. The predicted octanol–water partition coefficient (Wildman–Crippen LogP) is 5.00. The Bertz CT molecular complexity index is 1410. The van der Waals surface area contributed by atoms with Crippen LogP contribution in [0.25, 0.3) is 22.6 Å². The van der Waals surface area contributed by atoms with Crippen molar-refractivity contribution in [1.29, 1.82) is 0 Å². The lowest BCUT2D eigenvalue weighted by molar-refractivity contribution is 0.0958.